The van der Waals surface area contributed by atoms with Crippen molar-refractivity contribution in [3.05, 3.63) is 60.2 Å². The summed E-state index contributed by atoms with van der Waals surface area (Å²) in [6.45, 7) is 9.39. The molecule has 0 spiro atoms. The van der Waals surface area contributed by atoms with Gasteiger partial charge in [-0.2, -0.15) is 16.8 Å². The Labute approximate surface area is 283 Å². The lowest BCUT2D eigenvalue weighted by Crippen LogP contribution is -2.07. The first-order chi connectivity index (χ1) is 21.9. The van der Waals surface area contributed by atoms with E-state index in [9.17, 15) is 21.4 Å². The van der Waals surface area contributed by atoms with Crippen LogP contribution in [0.1, 0.15) is 149 Å². The summed E-state index contributed by atoms with van der Waals surface area (Å²) >= 11 is 0. The van der Waals surface area contributed by atoms with Crippen LogP contribution in [0, 0.1) is 11.8 Å². The summed E-state index contributed by atoms with van der Waals surface area (Å²) in [5.74, 6) is 1.64. The highest BCUT2D eigenvalue weighted by Crippen LogP contribution is 2.19. The largest absolute Gasteiger partial charge is 0.296 e. The summed E-state index contributed by atoms with van der Waals surface area (Å²) < 4.78 is 60.7. The van der Waals surface area contributed by atoms with Crippen molar-refractivity contribution in [3.8, 4) is 0 Å². The van der Waals surface area contributed by atoms with Crippen LogP contribution in [-0.2, 0) is 30.8 Å². The highest BCUT2D eigenvalue weighted by atomic mass is 32.2. The van der Waals surface area contributed by atoms with Crippen LogP contribution < -0.4 is 0 Å². The van der Waals surface area contributed by atoms with Crippen LogP contribution in [0.3, 0.4) is 0 Å². The van der Waals surface area contributed by atoms with Crippen molar-refractivity contribution in [2.45, 2.75) is 159 Å². The first kappa shape index (κ1) is 42.3. The van der Waals surface area contributed by atoms with Gasteiger partial charge in [-0.05, 0) is 54.9 Å². The molecular formula is C38H64O6S2. The van der Waals surface area contributed by atoms with Gasteiger partial charge in [0, 0.05) is 0 Å². The molecule has 8 heteroatoms. The second-order valence-electron chi connectivity index (χ2n) is 13.4. The smallest absolute Gasteiger partial charge is 0.282 e. The third kappa shape index (κ3) is 21.9. The van der Waals surface area contributed by atoms with Crippen molar-refractivity contribution in [1.82, 2.24) is 0 Å². The van der Waals surface area contributed by atoms with Crippen molar-refractivity contribution in [2.75, 3.05) is 6.61 Å². The molecule has 2 aromatic rings. The fraction of sp³-hybridized carbons (Fsp3) is 0.684. The maximum atomic E-state index is 11.9. The second kappa shape index (κ2) is 25.3. The Kier molecular flexibility index (Phi) is 23.3. The van der Waals surface area contributed by atoms with E-state index in [1.807, 2.05) is 6.07 Å². The van der Waals surface area contributed by atoms with E-state index < -0.39 is 20.2 Å². The van der Waals surface area contributed by atoms with Crippen LogP contribution >= 0.6 is 0 Å². The zero-order valence-electron chi connectivity index (χ0n) is 29.3. The number of hydrogen-bond donors (Lipinski definition) is 1. The first-order valence-corrected chi connectivity index (χ1v) is 20.8. The van der Waals surface area contributed by atoms with Crippen molar-refractivity contribution in [2.24, 2.45) is 11.8 Å². The molecule has 0 unspecified atom stereocenters. The molecule has 2 rings (SSSR count). The van der Waals surface area contributed by atoms with Crippen molar-refractivity contribution in [1.29, 1.82) is 0 Å². The van der Waals surface area contributed by atoms with E-state index in [2.05, 4.69) is 27.7 Å². The summed E-state index contributed by atoms with van der Waals surface area (Å²) in [5.41, 5.74) is 0.726. The fourth-order valence-electron chi connectivity index (χ4n) is 5.43. The minimum Gasteiger partial charge on any atom is -0.282 e. The van der Waals surface area contributed by atoms with E-state index in [4.69, 9.17) is 4.18 Å². The van der Waals surface area contributed by atoms with E-state index in [-0.39, 0.29) is 16.4 Å². The van der Waals surface area contributed by atoms with Crippen molar-refractivity contribution < 1.29 is 25.6 Å². The zero-order valence-corrected chi connectivity index (χ0v) is 30.9. The lowest BCUT2D eigenvalue weighted by molar-refractivity contribution is 0.306. The normalized spacial score (nSPS) is 12.0. The molecule has 0 bridgehead atoms. The van der Waals surface area contributed by atoms with Crippen LogP contribution in [0.5, 0.6) is 0 Å². The molecule has 0 aromatic heterocycles. The molecule has 0 fully saturated rings. The third-order valence-corrected chi connectivity index (χ3v) is 10.5. The lowest BCUT2D eigenvalue weighted by Gasteiger charge is -2.07. The minimum atomic E-state index is -4.10. The number of hydrogen-bond acceptors (Lipinski definition) is 5. The van der Waals surface area contributed by atoms with E-state index in [0.29, 0.717) is 6.42 Å². The average Bonchev–Trinajstić information content (AvgIpc) is 3.01. The van der Waals surface area contributed by atoms with Gasteiger partial charge in [0.25, 0.3) is 20.2 Å². The fourth-order valence-corrected chi connectivity index (χ4v) is 7.15. The molecule has 1 N–H and O–H groups in total. The molecule has 0 radical (unpaired) electrons. The Morgan fingerprint density at radius 1 is 0.543 bits per heavy atom. The lowest BCUT2D eigenvalue weighted by atomic mass is 10.0. The quantitative estimate of drug-likeness (QED) is 0.0637. The van der Waals surface area contributed by atoms with Gasteiger partial charge in [-0.15, -0.1) is 0 Å². The molecule has 0 heterocycles. The maximum Gasteiger partial charge on any atom is 0.296 e. The van der Waals surface area contributed by atoms with Gasteiger partial charge >= 0.3 is 0 Å². The Hall–Kier alpha value is -1.74. The average molecular weight is 681 g/mol. The molecule has 0 atom stereocenters. The minimum absolute atomic E-state index is 0.0603. The Bertz CT molecular complexity index is 1220. The SMILES string of the molecule is CC(C)CCCCCCCCCCOS(=O)(=O)c1ccccc1.CC(C)CCCCCCCCCCc1ccccc1S(=O)(=O)O. The van der Waals surface area contributed by atoms with Crippen LogP contribution in [0.25, 0.3) is 0 Å². The van der Waals surface area contributed by atoms with E-state index in [1.165, 1.54) is 96.0 Å². The molecule has 46 heavy (non-hydrogen) atoms. The number of aryl methyl sites for hydroxylation is 1. The predicted octanol–water partition coefficient (Wildman–Crippen LogP) is 11.2. The van der Waals surface area contributed by atoms with Gasteiger partial charge in [0.2, 0.25) is 0 Å². The van der Waals surface area contributed by atoms with Gasteiger partial charge in [-0.1, -0.05) is 167 Å². The molecule has 264 valence electrons. The van der Waals surface area contributed by atoms with Gasteiger partial charge in [0.05, 0.1) is 16.4 Å². The van der Waals surface area contributed by atoms with E-state index >= 15 is 0 Å². The van der Waals surface area contributed by atoms with Gasteiger partial charge in [-0.3, -0.25) is 8.74 Å². The van der Waals surface area contributed by atoms with Gasteiger partial charge < -0.3 is 0 Å². The molecule has 0 aliphatic carbocycles. The van der Waals surface area contributed by atoms with Crippen molar-refractivity contribution in [3.63, 3.8) is 0 Å². The maximum absolute atomic E-state index is 11.9. The Morgan fingerprint density at radius 2 is 0.957 bits per heavy atom. The zero-order chi connectivity index (χ0) is 34.1. The van der Waals surface area contributed by atoms with Crippen LogP contribution in [-0.4, -0.2) is 28.0 Å². The molecule has 0 aliphatic heterocycles. The first-order valence-electron chi connectivity index (χ1n) is 17.9. The van der Waals surface area contributed by atoms with Gasteiger partial charge in [0.15, 0.2) is 0 Å². The highest BCUT2D eigenvalue weighted by Gasteiger charge is 2.14. The molecule has 0 saturated carbocycles. The number of rotatable bonds is 25. The summed E-state index contributed by atoms with van der Waals surface area (Å²) in [6, 6.07) is 15.1. The van der Waals surface area contributed by atoms with Gasteiger partial charge in [-0.25, -0.2) is 0 Å². The van der Waals surface area contributed by atoms with E-state index in [1.54, 1.807) is 42.5 Å². The topological polar surface area (TPSA) is 97.7 Å². The number of benzene rings is 2. The second-order valence-corrected chi connectivity index (χ2v) is 16.4. The summed E-state index contributed by atoms with van der Waals surface area (Å²) in [5, 5.41) is 0. The van der Waals surface area contributed by atoms with E-state index in [0.717, 1.165) is 43.1 Å². The Morgan fingerprint density at radius 3 is 1.43 bits per heavy atom. The molecule has 0 amide bonds. The molecular weight excluding hydrogens is 617 g/mol. The molecule has 2 aromatic carbocycles. The molecule has 6 nitrogen and oxygen atoms in total. The standard InChI is InChI=1S/2C19H32O3S/c1-18(2)14-10-7-5-3-4-6-8-13-17-22-23(20,21)19-15-11-9-12-16-19;1-17(2)13-9-7-5-3-4-6-8-10-14-18-15-11-12-16-19(18)23(20,21)22/h9,11-12,15-16,18H,3-8,10,13-14,17H2,1-2H3;11-12,15-17H,3-10,13-14H2,1-2H3,(H,20,21,22). The molecule has 0 aliphatic rings. The highest BCUT2D eigenvalue weighted by molar-refractivity contribution is 7.86. The predicted molar refractivity (Wildman–Crippen MR) is 192 cm³/mol. The Balaban J connectivity index is 0.000000460. The van der Waals surface area contributed by atoms with Crippen LogP contribution in [0.2, 0.25) is 0 Å². The van der Waals surface area contributed by atoms with Crippen LogP contribution in [0.15, 0.2) is 64.4 Å². The number of unbranched alkanes of at least 4 members (excludes halogenated alkanes) is 14. The monoisotopic (exact) mass is 680 g/mol. The third-order valence-electron chi connectivity index (χ3n) is 8.17. The summed E-state index contributed by atoms with van der Waals surface area (Å²) in [6.07, 6.45) is 22.9. The summed E-state index contributed by atoms with van der Waals surface area (Å²) in [4.78, 5) is 0.298. The van der Waals surface area contributed by atoms with Crippen LogP contribution in [0.4, 0.5) is 0 Å². The van der Waals surface area contributed by atoms with Gasteiger partial charge in [0.1, 0.15) is 0 Å². The van der Waals surface area contributed by atoms with Crippen molar-refractivity contribution >= 4 is 20.2 Å². The molecule has 0 saturated heterocycles. The summed E-state index contributed by atoms with van der Waals surface area (Å²) in [7, 11) is -7.67.